The van der Waals surface area contributed by atoms with Gasteiger partial charge >= 0.3 is 0 Å². The van der Waals surface area contributed by atoms with E-state index in [2.05, 4.69) is 4.72 Å². The van der Waals surface area contributed by atoms with Gasteiger partial charge in [-0.25, -0.2) is 17.5 Å². The van der Waals surface area contributed by atoms with Crippen molar-refractivity contribution >= 4 is 15.7 Å². The maximum atomic E-state index is 14.0. The number of hydrogen-bond acceptors (Lipinski definition) is 3. The molecule has 0 saturated heterocycles. The van der Waals surface area contributed by atoms with Crippen LogP contribution in [-0.4, -0.2) is 14.5 Å². The van der Waals surface area contributed by atoms with Crippen LogP contribution >= 0.6 is 0 Å². The van der Waals surface area contributed by atoms with Crippen LogP contribution in [0.25, 0.3) is 0 Å². The molecule has 0 heterocycles. The van der Waals surface area contributed by atoms with Crippen molar-refractivity contribution in [3.8, 4) is 0 Å². The van der Waals surface area contributed by atoms with E-state index in [0.29, 0.717) is 0 Å². The predicted octanol–water partition coefficient (Wildman–Crippen LogP) is 2.72. The molecule has 0 amide bonds. The van der Waals surface area contributed by atoms with Gasteiger partial charge in [0.1, 0.15) is 10.7 Å². The van der Waals surface area contributed by atoms with Gasteiger partial charge in [0.05, 0.1) is 0 Å². The highest BCUT2D eigenvalue weighted by Crippen LogP contribution is 2.24. The minimum absolute atomic E-state index is 0.108. The number of nitrogens with one attached hydrogen (secondary N) is 1. The first-order valence-corrected chi connectivity index (χ1v) is 8.46. The summed E-state index contributed by atoms with van der Waals surface area (Å²) in [5.41, 5.74) is 6.12. The Morgan fingerprint density at radius 3 is 2.40 bits per heavy atom. The normalized spacial score (nSPS) is 17.9. The average molecular weight is 300 g/mol. The number of rotatable bonds is 3. The third-order valence-electron chi connectivity index (χ3n) is 3.71. The Hall–Kier alpha value is -1.14. The largest absolute Gasteiger partial charge is 0.399 e. The Bertz CT molecular complexity index is 579. The summed E-state index contributed by atoms with van der Waals surface area (Å²) < 4.78 is 41.3. The van der Waals surface area contributed by atoms with Crippen LogP contribution in [0.1, 0.15) is 44.1 Å². The lowest BCUT2D eigenvalue weighted by atomic mass is 10.1. The Morgan fingerprint density at radius 2 is 1.80 bits per heavy atom. The SMILES string of the molecule is Cc1cc(N)cc(S(=O)(=O)NC2CCCCCC2)c1F. The number of benzene rings is 1. The summed E-state index contributed by atoms with van der Waals surface area (Å²) in [6, 6.07) is 2.50. The van der Waals surface area contributed by atoms with Gasteiger partial charge < -0.3 is 5.73 Å². The first-order valence-electron chi connectivity index (χ1n) is 6.98. The van der Waals surface area contributed by atoms with E-state index in [-0.39, 0.29) is 22.2 Å². The lowest BCUT2D eigenvalue weighted by Gasteiger charge is -2.17. The van der Waals surface area contributed by atoms with Crippen molar-refractivity contribution in [3.05, 3.63) is 23.5 Å². The quantitative estimate of drug-likeness (QED) is 0.666. The molecular formula is C14H21FN2O2S. The molecule has 2 rings (SSSR count). The van der Waals surface area contributed by atoms with Gasteiger partial charge in [0.2, 0.25) is 10.0 Å². The van der Waals surface area contributed by atoms with E-state index in [9.17, 15) is 12.8 Å². The summed E-state index contributed by atoms with van der Waals surface area (Å²) in [5, 5.41) is 0. The fraction of sp³-hybridized carbons (Fsp3) is 0.571. The first-order chi connectivity index (χ1) is 9.40. The predicted molar refractivity (Wildman–Crippen MR) is 77.4 cm³/mol. The van der Waals surface area contributed by atoms with Crippen LogP contribution in [0.4, 0.5) is 10.1 Å². The first kappa shape index (κ1) is 15.3. The monoisotopic (exact) mass is 300 g/mol. The van der Waals surface area contributed by atoms with E-state index in [0.717, 1.165) is 38.5 Å². The van der Waals surface area contributed by atoms with Gasteiger partial charge in [0.15, 0.2) is 0 Å². The lowest BCUT2D eigenvalue weighted by Crippen LogP contribution is -2.35. The zero-order valence-corrected chi connectivity index (χ0v) is 12.5. The van der Waals surface area contributed by atoms with Crippen molar-refractivity contribution in [2.45, 2.75) is 56.4 Å². The van der Waals surface area contributed by atoms with E-state index < -0.39 is 15.8 Å². The second kappa shape index (κ2) is 6.10. The highest BCUT2D eigenvalue weighted by Gasteiger charge is 2.25. The molecule has 1 aliphatic rings. The molecule has 1 fully saturated rings. The fourth-order valence-corrected chi connectivity index (χ4v) is 4.13. The van der Waals surface area contributed by atoms with Gasteiger partial charge in [-0.2, -0.15) is 0 Å². The Kier molecular flexibility index (Phi) is 4.65. The number of nitrogen functional groups attached to an aromatic ring is 1. The second-order valence-corrected chi connectivity index (χ2v) is 7.14. The third kappa shape index (κ3) is 3.49. The lowest BCUT2D eigenvalue weighted by molar-refractivity contribution is 0.503. The van der Waals surface area contributed by atoms with Crippen LogP contribution in [0.5, 0.6) is 0 Å². The van der Waals surface area contributed by atoms with Crippen LogP contribution in [0.3, 0.4) is 0 Å². The molecule has 112 valence electrons. The number of sulfonamides is 1. The van der Waals surface area contributed by atoms with Crippen molar-refractivity contribution in [3.63, 3.8) is 0 Å². The molecule has 0 aromatic heterocycles. The van der Waals surface area contributed by atoms with Gasteiger partial charge in [-0.05, 0) is 37.5 Å². The maximum absolute atomic E-state index is 14.0. The van der Waals surface area contributed by atoms with Crippen LogP contribution in [0, 0.1) is 12.7 Å². The molecular weight excluding hydrogens is 279 g/mol. The Morgan fingerprint density at radius 1 is 1.20 bits per heavy atom. The second-order valence-electron chi connectivity index (χ2n) is 5.46. The van der Waals surface area contributed by atoms with Gasteiger partial charge in [-0.1, -0.05) is 25.7 Å². The van der Waals surface area contributed by atoms with Crippen LogP contribution in [-0.2, 0) is 10.0 Å². The molecule has 6 heteroatoms. The molecule has 0 spiro atoms. The minimum Gasteiger partial charge on any atom is -0.399 e. The van der Waals surface area contributed by atoms with Gasteiger partial charge in [0.25, 0.3) is 0 Å². The van der Waals surface area contributed by atoms with Crippen molar-refractivity contribution in [2.24, 2.45) is 0 Å². The standard InChI is InChI=1S/C14H21FN2O2S/c1-10-8-11(16)9-13(14(10)15)20(18,19)17-12-6-4-2-3-5-7-12/h8-9,12,17H,2-7,16H2,1H3. The molecule has 1 aliphatic carbocycles. The van der Waals surface area contributed by atoms with E-state index in [1.54, 1.807) is 0 Å². The molecule has 4 nitrogen and oxygen atoms in total. The zero-order chi connectivity index (χ0) is 14.8. The summed E-state index contributed by atoms with van der Waals surface area (Å²) in [5.74, 6) is -0.722. The highest BCUT2D eigenvalue weighted by molar-refractivity contribution is 7.89. The number of hydrogen-bond donors (Lipinski definition) is 2. The fourth-order valence-electron chi connectivity index (χ4n) is 2.64. The Balaban J connectivity index is 2.26. The van der Waals surface area contributed by atoms with Gasteiger partial charge in [-0.3, -0.25) is 0 Å². The van der Waals surface area contributed by atoms with E-state index in [1.165, 1.54) is 19.1 Å². The van der Waals surface area contributed by atoms with Crippen molar-refractivity contribution in [1.82, 2.24) is 4.72 Å². The molecule has 0 unspecified atom stereocenters. The van der Waals surface area contributed by atoms with E-state index >= 15 is 0 Å². The summed E-state index contributed by atoms with van der Waals surface area (Å²) in [6.07, 6.45) is 5.88. The van der Waals surface area contributed by atoms with Crippen molar-refractivity contribution < 1.29 is 12.8 Å². The number of aryl methyl sites for hydroxylation is 1. The molecule has 3 N–H and O–H groups in total. The van der Waals surface area contributed by atoms with E-state index in [1.807, 2.05) is 0 Å². The van der Waals surface area contributed by atoms with Crippen molar-refractivity contribution in [1.29, 1.82) is 0 Å². The Labute approximate surface area is 119 Å². The number of halogens is 1. The summed E-state index contributed by atoms with van der Waals surface area (Å²) >= 11 is 0. The molecule has 0 radical (unpaired) electrons. The van der Waals surface area contributed by atoms with Crippen LogP contribution in [0.2, 0.25) is 0 Å². The molecule has 0 bridgehead atoms. The zero-order valence-electron chi connectivity index (χ0n) is 11.7. The number of nitrogens with two attached hydrogens (primary N) is 1. The molecule has 0 aliphatic heterocycles. The van der Waals surface area contributed by atoms with Crippen LogP contribution in [0.15, 0.2) is 17.0 Å². The summed E-state index contributed by atoms with van der Waals surface area (Å²) in [4.78, 5) is -0.348. The van der Waals surface area contributed by atoms with Crippen molar-refractivity contribution in [2.75, 3.05) is 5.73 Å². The minimum atomic E-state index is -3.86. The van der Waals surface area contributed by atoms with E-state index in [4.69, 9.17) is 5.73 Å². The highest BCUT2D eigenvalue weighted by atomic mass is 32.2. The molecule has 1 saturated carbocycles. The molecule has 1 aromatic carbocycles. The summed E-state index contributed by atoms with van der Waals surface area (Å²) in [7, 11) is -3.86. The van der Waals surface area contributed by atoms with Gasteiger partial charge in [-0.15, -0.1) is 0 Å². The van der Waals surface area contributed by atoms with Crippen LogP contribution < -0.4 is 10.5 Å². The average Bonchev–Trinajstić information content (AvgIpc) is 2.61. The molecule has 1 aromatic rings. The topological polar surface area (TPSA) is 72.2 Å². The summed E-state index contributed by atoms with van der Waals surface area (Å²) in [6.45, 7) is 1.51. The smallest absolute Gasteiger partial charge is 0.243 e. The molecule has 0 atom stereocenters. The number of anilines is 1. The maximum Gasteiger partial charge on any atom is 0.243 e. The third-order valence-corrected chi connectivity index (χ3v) is 5.23. The van der Waals surface area contributed by atoms with Gasteiger partial charge in [0, 0.05) is 11.7 Å². The molecule has 20 heavy (non-hydrogen) atoms.